The Balaban J connectivity index is 1.15. The van der Waals surface area contributed by atoms with Gasteiger partial charge in [-0.1, -0.05) is 18.2 Å². The molecular weight excluding hydrogens is 472 g/mol. The maximum atomic E-state index is 13.5. The first-order valence-electron chi connectivity index (χ1n) is 14.0. The highest BCUT2D eigenvalue weighted by Crippen LogP contribution is 2.66. The first-order chi connectivity index (χ1) is 18.4. The quantitative estimate of drug-likeness (QED) is 0.415. The van der Waals surface area contributed by atoms with Crippen LogP contribution in [-0.4, -0.2) is 37.4 Å². The van der Waals surface area contributed by atoms with Crippen molar-refractivity contribution in [2.45, 2.75) is 68.5 Å². The Kier molecular flexibility index (Phi) is 3.87. The number of rotatable bonds is 3. The highest BCUT2D eigenvalue weighted by atomic mass is 16.2. The SMILES string of the molecule is CN1C(=O)c2cccc(C3CC3)c2[C@H]2C[C@@H]1c1nc3ccc(-c4cnc(C5(N)CC6(CC6)C5)nc4)cc3n12. The Hall–Kier alpha value is -3.58. The summed E-state index contributed by atoms with van der Waals surface area (Å²) in [5.74, 6) is 2.45. The predicted octanol–water partition coefficient (Wildman–Crippen LogP) is 5.22. The van der Waals surface area contributed by atoms with Gasteiger partial charge in [0.2, 0.25) is 0 Å². The molecule has 38 heavy (non-hydrogen) atoms. The fourth-order valence-electron chi connectivity index (χ4n) is 7.79. The third-order valence-electron chi connectivity index (χ3n) is 10.1. The van der Waals surface area contributed by atoms with Gasteiger partial charge in [0.15, 0.2) is 0 Å². The number of imidazole rings is 1. The number of hydrogen-bond acceptors (Lipinski definition) is 5. The summed E-state index contributed by atoms with van der Waals surface area (Å²) in [4.78, 5) is 29.9. The lowest BCUT2D eigenvalue weighted by Gasteiger charge is -2.44. The molecule has 5 aliphatic rings. The molecule has 4 heterocycles. The van der Waals surface area contributed by atoms with Crippen LogP contribution in [0.3, 0.4) is 0 Å². The maximum Gasteiger partial charge on any atom is 0.254 e. The van der Waals surface area contributed by atoms with Gasteiger partial charge in [-0.25, -0.2) is 15.0 Å². The number of carbonyl (C=O) groups is 1. The average Bonchev–Trinajstić information content (AvgIpc) is 3.84. The van der Waals surface area contributed by atoms with Crippen molar-refractivity contribution in [3.63, 3.8) is 0 Å². The minimum atomic E-state index is -0.364. The molecule has 9 rings (SSSR count). The first kappa shape index (κ1) is 21.4. The summed E-state index contributed by atoms with van der Waals surface area (Å²) in [6.45, 7) is 0. The topological polar surface area (TPSA) is 89.9 Å². The molecule has 7 heteroatoms. The van der Waals surface area contributed by atoms with Crippen LogP contribution < -0.4 is 5.73 Å². The average molecular weight is 503 g/mol. The van der Waals surface area contributed by atoms with Gasteiger partial charge in [0.25, 0.3) is 5.91 Å². The Morgan fingerprint density at radius 1 is 1.00 bits per heavy atom. The minimum absolute atomic E-state index is 0.0246. The van der Waals surface area contributed by atoms with Gasteiger partial charge < -0.3 is 15.2 Å². The lowest BCUT2D eigenvalue weighted by atomic mass is 9.65. The van der Waals surface area contributed by atoms with E-state index in [2.05, 4.69) is 34.9 Å². The summed E-state index contributed by atoms with van der Waals surface area (Å²) in [5, 5.41) is 0. The number of hydrogen-bond donors (Lipinski definition) is 1. The van der Waals surface area contributed by atoms with Gasteiger partial charge in [0, 0.05) is 37.0 Å². The summed E-state index contributed by atoms with van der Waals surface area (Å²) in [7, 11) is 1.93. The molecule has 0 unspecified atom stereocenters. The maximum absolute atomic E-state index is 13.5. The number of fused-ring (bicyclic) bond motifs is 9. The van der Waals surface area contributed by atoms with E-state index in [-0.39, 0.29) is 23.5 Å². The zero-order chi connectivity index (χ0) is 25.4. The van der Waals surface area contributed by atoms with E-state index in [1.165, 1.54) is 36.8 Å². The van der Waals surface area contributed by atoms with Crippen molar-refractivity contribution in [3.8, 4) is 11.1 Å². The van der Waals surface area contributed by atoms with E-state index < -0.39 is 0 Å². The highest BCUT2D eigenvalue weighted by Gasteiger charge is 2.61. The van der Waals surface area contributed by atoms with Crippen molar-refractivity contribution < 1.29 is 4.79 Å². The molecule has 3 saturated carbocycles. The van der Waals surface area contributed by atoms with Crippen LogP contribution in [0.15, 0.2) is 48.8 Å². The zero-order valence-corrected chi connectivity index (χ0v) is 21.5. The summed E-state index contributed by atoms with van der Waals surface area (Å²) in [6, 6.07) is 12.8. The van der Waals surface area contributed by atoms with E-state index in [4.69, 9.17) is 20.7 Å². The van der Waals surface area contributed by atoms with Crippen LogP contribution in [0.25, 0.3) is 22.2 Å². The lowest BCUT2D eigenvalue weighted by Crippen LogP contribution is -2.51. The molecule has 1 amide bonds. The molecule has 0 saturated heterocycles. The molecule has 3 fully saturated rings. The molecule has 2 aliphatic heterocycles. The smallest absolute Gasteiger partial charge is 0.254 e. The Morgan fingerprint density at radius 3 is 2.53 bits per heavy atom. The van der Waals surface area contributed by atoms with Gasteiger partial charge >= 0.3 is 0 Å². The fourth-order valence-corrected chi connectivity index (χ4v) is 7.79. The lowest BCUT2D eigenvalue weighted by molar-refractivity contribution is 0.0734. The van der Waals surface area contributed by atoms with Crippen LogP contribution in [0.4, 0.5) is 0 Å². The van der Waals surface area contributed by atoms with Gasteiger partial charge in [0.05, 0.1) is 28.7 Å². The molecule has 2 aromatic heterocycles. The molecule has 2 bridgehead atoms. The fraction of sp³-hybridized carbons (Fsp3) is 0.419. The standard InChI is InChI=1S/C31H30N6O/c1-36-25-12-24(26-20(17-5-6-17)3-2-4-21(26)28(36)38)37-23-11-18(7-8-22(23)35-27(25)37)19-13-33-29(34-14-19)31(32)15-30(16-31)9-10-30/h2-4,7-8,11,13-14,17,24-25H,5-6,9-10,12,15-16,32H2,1H3/t24-,25-/m1/s1. The molecule has 0 radical (unpaired) electrons. The van der Waals surface area contributed by atoms with Crippen LogP contribution in [0.1, 0.15) is 96.1 Å². The molecule has 4 aromatic rings. The van der Waals surface area contributed by atoms with Crippen LogP contribution in [0.2, 0.25) is 0 Å². The van der Waals surface area contributed by atoms with Crippen molar-refractivity contribution >= 4 is 16.9 Å². The first-order valence-corrected chi connectivity index (χ1v) is 14.0. The monoisotopic (exact) mass is 502 g/mol. The second kappa shape index (κ2) is 6.89. The van der Waals surface area contributed by atoms with Gasteiger partial charge in [-0.3, -0.25) is 4.79 Å². The molecule has 1 spiro atoms. The van der Waals surface area contributed by atoms with E-state index in [9.17, 15) is 4.79 Å². The molecule has 3 aliphatic carbocycles. The third kappa shape index (κ3) is 2.77. The van der Waals surface area contributed by atoms with E-state index in [0.29, 0.717) is 11.3 Å². The summed E-state index contributed by atoms with van der Waals surface area (Å²) in [5.41, 5.74) is 14.3. The second-order valence-corrected chi connectivity index (χ2v) is 12.6. The van der Waals surface area contributed by atoms with Crippen molar-refractivity contribution in [1.29, 1.82) is 0 Å². The third-order valence-corrected chi connectivity index (χ3v) is 10.1. The normalized spacial score (nSPS) is 25.7. The highest BCUT2D eigenvalue weighted by molar-refractivity contribution is 5.97. The number of carbonyl (C=O) groups excluding carboxylic acids is 1. The minimum Gasteiger partial charge on any atom is -0.331 e. The Bertz CT molecular complexity index is 1670. The molecule has 2 aromatic carbocycles. The Labute approximate surface area is 221 Å². The molecule has 2 N–H and O–H groups in total. The van der Waals surface area contributed by atoms with Crippen LogP contribution in [0.5, 0.6) is 0 Å². The molecular formula is C31H30N6O. The van der Waals surface area contributed by atoms with E-state index >= 15 is 0 Å². The summed E-state index contributed by atoms with van der Waals surface area (Å²) < 4.78 is 2.41. The van der Waals surface area contributed by atoms with E-state index in [1.807, 2.05) is 30.4 Å². The number of nitrogens with two attached hydrogens (primary N) is 1. The van der Waals surface area contributed by atoms with E-state index in [0.717, 1.165) is 58.6 Å². The van der Waals surface area contributed by atoms with Crippen LogP contribution in [-0.2, 0) is 5.54 Å². The number of benzene rings is 2. The van der Waals surface area contributed by atoms with Crippen LogP contribution in [0, 0.1) is 5.41 Å². The largest absolute Gasteiger partial charge is 0.331 e. The molecule has 2 atom stereocenters. The molecule has 190 valence electrons. The number of amides is 1. The van der Waals surface area contributed by atoms with E-state index in [1.54, 1.807) is 0 Å². The number of nitrogens with zero attached hydrogens (tertiary/aromatic N) is 5. The predicted molar refractivity (Wildman–Crippen MR) is 144 cm³/mol. The van der Waals surface area contributed by atoms with Crippen molar-refractivity contribution in [3.05, 3.63) is 77.1 Å². The molecule has 7 nitrogen and oxygen atoms in total. The van der Waals surface area contributed by atoms with Gasteiger partial charge in [-0.15, -0.1) is 0 Å². The second-order valence-electron chi connectivity index (χ2n) is 12.6. The van der Waals surface area contributed by atoms with Gasteiger partial charge in [0.1, 0.15) is 11.6 Å². The summed E-state index contributed by atoms with van der Waals surface area (Å²) in [6.07, 6.45) is 11.8. The van der Waals surface area contributed by atoms with Gasteiger partial charge in [-0.2, -0.15) is 0 Å². The van der Waals surface area contributed by atoms with Crippen molar-refractivity contribution in [1.82, 2.24) is 24.4 Å². The summed E-state index contributed by atoms with van der Waals surface area (Å²) >= 11 is 0. The van der Waals surface area contributed by atoms with Gasteiger partial charge in [-0.05, 0) is 84.7 Å². The Morgan fingerprint density at radius 2 is 1.79 bits per heavy atom. The van der Waals surface area contributed by atoms with Crippen molar-refractivity contribution in [2.24, 2.45) is 11.1 Å². The van der Waals surface area contributed by atoms with Crippen molar-refractivity contribution in [2.75, 3.05) is 7.05 Å². The number of aromatic nitrogens is 4. The zero-order valence-electron chi connectivity index (χ0n) is 21.5. The van der Waals surface area contributed by atoms with Crippen LogP contribution >= 0.6 is 0 Å².